The van der Waals surface area contributed by atoms with E-state index in [-0.39, 0.29) is 0 Å². The summed E-state index contributed by atoms with van der Waals surface area (Å²) in [5.41, 5.74) is 1.28. The third-order valence-corrected chi connectivity index (χ3v) is 2.89. The normalized spacial score (nSPS) is 14.7. The van der Waals surface area contributed by atoms with Crippen molar-refractivity contribution in [2.45, 2.75) is 32.2 Å². The van der Waals surface area contributed by atoms with E-state index in [9.17, 15) is 0 Å². The van der Waals surface area contributed by atoms with Gasteiger partial charge in [0.2, 0.25) is 5.88 Å². The first-order valence-corrected chi connectivity index (χ1v) is 5.40. The van der Waals surface area contributed by atoms with Crippen LogP contribution in [0.1, 0.15) is 31.7 Å². The van der Waals surface area contributed by atoms with Crippen LogP contribution in [0.5, 0.6) is 5.88 Å². The number of nitrogens with one attached hydrogen (secondary N) is 1. The largest absolute Gasteiger partial charge is 0.481 e. The number of nitrogens with zero attached hydrogens (tertiary/aromatic N) is 1. The summed E-state index contributed by atoms with van der Waals surface area (Å²) in [7, 11) is 3.64. The lowest BCUT2D eigenvalue weighted by molar-refractivity contribution is 0.395. The van der Waals surface area contributed by atoms with Gasteiger partial charge in [0.1, 0.15) is 0 Å². The predicted octanol–water partition coefficient (Wildman–Crippen LogP) is 2.19. The summed E-state index contributed by atoms with van der Waals surface area (Å²) >= 11 is 0. The van der Waals surface area contributed by atoms with Crippen LogP contribution >= 0.6 is 0 Å². The number of likely N-dealkylation sites (N-methyl/N-ethyl adjacent to an activating group) is 1. The summed E-state index contributed by atoms with van der Waals surface area (Å²) in [6.45, 7) is 4.40. The summed E-state index contributed by atoms with van der Waals surface area (Å²) in [6, 6.07) is 4.54. The van der Waals surface area contributed by atoms with Crippen LogP contribution in [0.4, 0.5) is 0 Å². The molecule has 0 aliphatic rings. The highest BCUT2D eigenvalue weighted by Crippen LogP contribution is 2.24. The summed E-state index contributed by atoms with van der Waals surface area (Å²) in [5, 5.41) is 3.29. The molecule has 3 nitrogen and oxygen atoms in total. The molecule has 0 aromatic carbocycles. The van der Waals surface area contributed by atoms with Gasteiger partial charge in [0.25, 0.3) is 0 Å². The van der Waals surface area contributed by atoms with Gasteiger partial charge in [-0.1, -0.05) is 6.92 Å². The molecule has 0 radical (unpaired) electrons. The fraction of sp³-hybridized carbons (Fsp3) is 0.583. The molecular formula is C12H20N2O. The molecule has 1 rings (SSSR count). The number of hydrogen-bond donors (Lipinski definition) is 1. The van der Waals surface area contributed by atoms with Crippen molar-refractivity contribution in [2.75, 3.05) is 14.2 Å². The van der Waals surface area contributed by atoms with E-state index >= 15 is 0 Å². The first kappa shape index (κ1) is 12.0. The van der Waals surface area contributed by atoms with Crippen molar-refractivity contribution in [3.05, 3.63) is 23.9 Å². The topological polar surface area (TPSA) is 34.1 Å². The highest BCUT2D eigenvalue weighted by molar-refractivity contribution is 5.25. The maximum Gasteiger partial charge on any atom is 0.213 e. The van der Waals surface area contributed by atoms with Gasteiger partial charge in [0.15, 0.2) is 0 Å². The van der Waals surface area contributed by atoms with Gasteiger partial charge in [0.05, 0.1) is 7.11 Å². The smallest absolute Gasteiger partial charge is 0.213 e. The van der Waals surface area contributed by atoms with E-state index in [4.69, 9.17) is 4.74 Å². The van der Waals surface area contributed by atoms with Gasteiger partial charge in [-0.25, -0.2) is 4.98 Å². The van der Waals surface area contributed by atoms with Crippen LogP contribution in [0.2, 0.25) is 0 Å². The maximum atomic E-state index is 5.13. The number of rotatable bonds is 5. The highest BCUT2D eigenvalue weighted by atomic mass is 16.5. The number of pyridine rings is 1. The lowest BCUT2D eigenvalue weighted by atomic mass is 9.91. The van der Waals surface area contributed by atoms with Crippen LogP contribution in [0, 0.1) is 0 Å². The Hall–Kier alpha value is -1.09. The molecule has 0 saturated heterocycles. The quantitative estimate of drug-likeness (QED) is 0.805. The van der Waals surface area contributed by atoms with E-state index in [2.05, 4.69) is 30.2 Å². The van der Waals surface area contributed by atoms with Crippen LogP contribution in [-0.4, -0.2) is 25.2 Å². The highest BCUT2D eigenvalue weighted by Gasteiger charge is 2.16. The van der Waals surface area contributed by atoms with Gasteiger partial charge in [0, 0.05) is 18.3 Å². The molecule has 0 fully saturated rings. The van der Waals surface area contributed by atoms with E-state index < -0.39 is 0 Å². The minimum atomic E-state index is 0.460. The van der Waals surface area contributed by atoms with Gasteiger partial charge in [-0.15, -0.1) is 0 Å². The Kier molecular flexibility index (Phi) is 4.56. The molecule has 0 aliphatic heterocycles. The molecule has 15 heavy (non-hydrogen) atoms. The second-order valence-electron chi connectivity index (χ2n) is 3.72. The first-order chi connectivity index (χ1) is 7.22. The minimum Gasteiger partial charge on any atom is -0.481 e. The Balaban J connectivity index is 2.91. The average molecular weight is 208 g/mol. The van der Waals surface area contributed by atoms with Crippen molar-refractivity contribution in [3.8, 4) is 5.88 Å². The molecule has 84 valence electrons. The molecule has 0 spiro atoms. The molecule has 1 aromatic heterocycles. The Morgan fingerprint density at radius 3 is 2.80 bits per heavy atom. The van der Waals surface area contributed by atoms with Crippen molar-refractivity contribution in [2.24, 2.45) is 0 Å². The van der Waals surface area contributed by atoms with Gasteiger partial charge in [-0.3, -0.25) is 0 Å². The third-order valence-electron chi connectivity index (χ3n) is 2.89. The Labute approximate surface area is 91.9 Å². The predicted molar refractivity (Wildman–Crippen MR) is 62.3 cm³/mol. The zero-order valence-corrected chi connectivity index (χ0v) is 9.95. The standard InChI is InChI=1S/C12H20N2O/c1-5-11(9(2)13-3)10-6-7-14-12(8-10)15-4/h6-9,11,13H,5H2,1-4H3. The zero-order chi connectivity index (χ0) is 11.3. The van der Waals surface area contributed by atoms with Crippen LogP contribution in [0.15, 0.2) is 18.3 Å². The van der Waals surface area contributed by atoms with Gasteiger partial charge in [-0.05, 0) is 37.9 Å². The SMILES string of the molecule is CCC(c1ccnc(OC)c1)C(C)NC. The van der Waals surface area contributed by atoms with Crippen molar-refractivity contribution < 1.29 is 4.74 Å². The molecule has 0 amide bonds. The van der Waals surface area contributed by atoms with E-state index in [1.807, 2.05) is 13.1 Å². The molecule has 0 saturated carbocycles. The monoisotopic (exact) mass is 208 g/mol. The third kappa shape index (κ3) is 2.93. The van der Waals surface area contributed by atoms with E-state index in [1.165, 1.54) is 5.56 Å². The van der Waals surface area contributed by atoms with Gasteiger partial charge in [-0.2, -0.15) is 0 Å². The van der Waals surface area contributed by atoms with E-state index in [1.54, 1.807) is 13.3 Å². The molecule has 0 bridgehead atoms. The summed E-state index contributed by atoms with van der Waals surface area (Å²) < 4.78 is 5.13. The average Bonchev–Trinajstić information content (AvgIpc) is 2.30. The van der Waals surface area contributed by atoms with Gasteiger partial charge < -0.3 is 10.1 Å². The second kappa shape index (κ2) is 5.71. The summed E-state index contributed by atoms with van der Waals surface area (Å²) in [4.78, 5) is 4.12. The fourth-order valence-corrected chi connectivity index (χ4v) is 1.85. The molecular weight excluding hydrogens is 188 g/mol. The molecule has 1 N–H and O–H groups in total. The second-order valence-corrected chi connectivity index (χ2v) is 3.72. The van der Waals surface area contributed by atoms with E-state index in [0.717, 1.165) is 6.42 Å². The minimum absolute atomic E-state index is 0.460. The van der Waals surface area contributed by atoms with Crippen LogP contribution < -0.4 is 10.1 Å². The first-order valence-electron chi connectivity index (χ1n) is 5.40. The summed E-state index contributed by atoms with van der Waals surface area (Å²) in [6.07, 6.45) is 2.91. The number of aromatic nitrogens is 1. The molecule has 2 unspecified atom stereocenters. The zero-order valence-electron chi connectivity index (χ0n) is 9.95. The molecule has 1 aromatic rings. The Bertz CT molecular complexity index is 301. The number of methoxy groups -OCH3 is 1. The summed E-state index contributed by atoms with van der Waals surface area (Å²) in [5.74, 6) is 1.20. The van der Waals surface area contributed by atoms with Crippen molar-refractivity contribution in [1.82, 2.24) is 10.3 Å². The number of hydrogen-bond acceptors (Lipinski definition) is 3. The fourth-order valence-electron chi connectivity index (χ4n) is 1.85. The molecule has 1 heterocycles. The lowest BCUT2D eigenvalue weighted by Gasteiger charge is -2.22. The number of ether oxygens (including phenoxy) is 1. The van der Waals surface area contributed by atoms with Crippen LogP contribution in [0.3, 0.4) is 0 Å². The molecule has 0 aliphatic carbocycles. The molecule has 2 atom stereocenters. The maximum absolute atomic E-state index is 5.13. The van der Waals surface area contributed by atoms with Crippen molar-refractivity contribution >= 4 is 0 Å². The van der Waals surface area contributed by atoms with Crippen molar-refractivity contribution in [3.63, 3.8) is 0 Å². The van der Waals surface area contributed by atoms with Crippen LogP contribution in [-0.2, 0) is 0 Å². The van der Waals surface area contributed by atoms with E-state index in [0.29, 0.717) is 17.8 Å². The Morgan fingerprint density at radius 2 is 2.27 bits per heavy atom. The van der Waals surface area contributed by atoms with Crippen molar-refractivity contribution in [1.29, 1.82) is 0 Å². The van der Waals surface area contributed by atoms with Gasteiger partial charge >= 0.3 is 0 Å². The Morgan fingerprint density at radius 1 is 1.53 bits per heavy atom. The molecule has 3 heteroatoms. The van der Waals surface area contributed by atoms with Crippen LogP contribution in [0.25, 0.3) is 0 Å². The lowest BCUT2D eigenvalue weighted by Crippen LogP contribution is -2.28.